The summed E-state index contributed by atoms with van der Waals surface area (Å²) in [6.07, 6.45) is 0.951. The number of rotatable bonds is 6. The monoisotopic (exact) mass is 431 g/mol. The number of hydrogen-bond acceptors (Lipinski definition) is 5. The van der Waals surface area contributed by atoms with Crippen molar-refractivity contribution < 1.29 is 18.1 Å². The van der Waals surface area contributed by atoms with E-state index in [9.17, 15) is 23.3 Å². The Kier molecular flexibility index (Phi) is 6.30. The Morgan fingerprint density at radius 3 is 2.41 bits per heavy atom. The highest BCUT2D eigenvalue weighted by Crippen LogP contribution is 2.30. The molecule has 0 saturated carbocycles. The quantitative estimate of drug-likeness (QED) is 0.553. The average Bonchev–Trinajstić information content (AvgIpc) is 2.57. The van der Waals surface area contributed by atoms with Crippen molar-refractivity contribution in [2.75, 3.05) is 15.9 Å². The fourth-order valence-electron chi connectivity index (χ4n) is 2.37. The van der Waals surface area contributed by atoms with Crippen molar-refractivity contribution in [1.29, 1.82) is 0 Å². The van der Waals surface area contributed by atoms with Crippen LogP contribution in [0.15, 0.2) is 42.5 Å². The van der Waals surface area contributed by atoms with Crippen molar-refractivity contribution in [3.8, 4) is 0 Å². The lowest BCUT2D eigenvalue weighted by Gasteiger charge is -2.28. The molecule has 0 heterocycles. The Morgan fingerprint density at radius 2 is 1.85 bits per heavy atom. The second kappa shape index (κ2) is 8.12. The topological polar surface area (TPSA) is 110 Å². The first-order chi connectivity index (χ1) is 12.5. The molecule has 0 aliphatic rings. The Morgan fingerprint density at radius 1 is 1.19 bits per heavy atom. The molecule has 0 aliphatic heterocycles. The molecule has 11 heteroatoms. The van der Waals surface area contributed by atoms with Crippen molar-refractivity contribution in [2.24, 2.45) is 0 Å². The van der Waals surface area contributed by atoms with E-state index in [1.807, 2.05) is 0 Å². The summed E-state index contributed by atoms with van der Waals surface area (Å²) >= 11 is 11.8. The van der Waals surface area contributed by atoms with Gasteiger partial charge in [-0.05, 0) is 31.2 Å². The van der Waals surface area contributed by atoms with E-state index in [0.717, 1.165) is 10.6 Å². The van der Waals surface area contributed by atoms with Gasteiger partial charge in [0.15, 0.2) is 0 Å². The summed E-state index contributed by atoms with van der Waals surface area (Å²) in [5.74, 6) is -0.674. The van der Waals surface area contributed by atoms with E-state index in [1.54, 1.807) is 0 Å². The van der Waals surface area contributed by atoms with Crippen LogP contribution >= 0.6 is 23.2 Å². The molecule has 0 fully saturated rings. The highest BCUT2D eigenvalue weighted by atomic mass is 35.5. The molecule has 8 nitrogen and oxygen atoms in total. The molecule has 0 radical (unpaired) electrons. The predicted octanol–water partition coefficient (Wildman–Crippen LogP) is 3.69. The van der Waals surface area contributed by atoms with Crippen LogP contribution in [0, 0.1) is 10.1 Å². The number of hydrogen-bond donors (Lipinski definition) is 1. The molecule has 2 aromatic rings. The number of halogens is 2. The lowest BCUT2D eigenvalue weighted by molar-refractivity contribution is -0.384. The number of anilines is 2. The molecule has 2 rings (SSSR count). The summed E-state index contributed by atoms with van der Waals surface area (Å²) in [6.45, 7) is 1.39. The highest BCUT2D eigenvalue weighted by Gasteiger charge is 2.29. The normalized spacial score (nSPS) is 12.3. The number of amides is 1. The zero-order valence-corrected chi connectivity index (χ0v) is 16.5. The molecule has 0 saturated heterocycles. The number of nitrogens with zero attached hydrogens (tertiary/aromatic N) is 2. The first-order valence-electron chi connectivity index (χ1n) is 7.50. The third kappa shape index (κ3) is 5.09. The van der Waals surface area contributed by atoms with Gasteiger partial charge in [0.25, 0.3) is 5.69 Å². The zero-order chi connectivity index (χ0) is 20.4. The number of nitro groups is 1. The van der Waals surface area contributed by atoms with Gasteiger partial charge in [0.2, 0.25) is 15.9 Å². The largest absolute Gasteiger partial charge is 0.324 e. The maximum atomic E-state index is 12.6. The molecule has 0 bridgehead atoms. The van der Waals surface area contributed by atoms with Crippen molar-refractivity contribution in [1.82, 2.24) is 0 Å². The van der Waals surface area contributed by atoms with Crippen molar-refractivity contribution in [3.63, 3.8) is 0 Å². The van der Waals surface area contributed by atoms with Gasteiger partial charge in [-0.3, -0.25) is 19.2 Å². The average molecular weight is 432 g/mol. The molecular formula is C16H15Cl2N3O5S. The molecule has 2 aromatic carbocycles. The fourth-order valence-corrected chi connectivity index (χ4v) is 3.83. The van der Waals surface area contributed by atoms with Gasteiger partial charge in [0.05, 0.1) is 26.9 Å². The molecule has 27 heavy (non-hydrogen) atoms. The van der Waals surface area contributed by atoms with Crippen LogP contribution in [0.4, 0.5) is 17.1 Å². The number of sulfonamides is 1. The van der Waals surface area contributed by atoms with Crippen LogP contribution in [0.1, 0.15) is 6.92 Å². The molecule has 1 atom stereocenters. The third-order valence-corrected chi connectivity index (χ3v) is 5.55. The Hall–Kier alpha value is -2.36. The van der Waals surface area contributed by atoms with Crippen LogP contribution in [0.5, 0.6) is 0 Å². The number of carbonyl (C=O) groups excluding carboxylic acids is 1. The number of non-ortho nitro benzene ring substituents is 1. The third-order valence-electron chi connectivity index (χ3n) is 3.57. The maximum absolute atomic E-state index is 12.6. The first kappa shape index (κ1) is 20.9. The first-order valence-corrected chi connectivity index (χ1v) is 10.1. The number of benzene rings is 2. The van der Waals surface area contributed by atoms with Crippen molar-refractivity contribution in [2.45, 2.75) is 13.0 Å². The summed E-state index contributed by atoms with van der Waals surface area (Å²) in [5.41, 5.74) is 0.127. The SMILES string of the molecule is C[C@H](C(=O)Nc1cccc([N+](=O)[O-])c1)N(c1ccc(Cl)c(Cl)c1)S(C)(=O)=O. The summed E-state index contributed by atoms with van der Waals surface area (Å²) in [6, 6.07) is 8.34. The van der Waals surface area contributed by atoms with E-state index in [2.05, 4.69) is 5.32 Å². The van der Waals surface area contributed by atoms with Crippen LogP contribution in [-0.4, -0.2) is 31.5 Å². The van der Waals surface area contributed by atoms with E-state index in [0.29, 0.717) is 0 Å². The number of carbonyl (C=O) groups is 1. The molecule has 0 spiro atoms. The molecule has 1 N–H and O–H groups in total. The second-order valence-corrected chi connectivity index (χ2v) is 8.30. The van der Waals surface area contributed by atoms with E-state index in [1.165, 1.54) is 49.4 Å². The Labute approximate surface area is 165 Å². The van der Waals surface area contributed by atoms with Gasteiger partial charge < -0.3 is 5.32 Å². The van der Waals surface area contributed by atoms with Gasteiger partial charge in [-0.25, -0.2) is 8.42 Å². The van der Waals surface area contributed by atoms with Gasteiger partial charge in [-0.2, -0.15) is 0 Å². The molecule has 144 valence electrons. The van der Waals surface area contributed by atoms with Gasteiger partial charge in [-0.15, -0.1) is 0 Å². The summed E-state index contributed by atoms with van der Waals surface area (Å²) in [5, 5.41) is 13.7. The van der Waals surface area contributed by atoms with Crippen molar-refractivity contribution >= 4 is 56.2 Å². The maximum Gasteiger partial charge on any atom is 0.271 e. The van der Waals surface area contributed by atoms with Crippen LogP contribution in [0.2, 0.25) is 10.0 Å². The van der Waals surface area contributed by atoms with E-state index >= 15 is 0 Å². The van der Waals surface area contributed by atoms with E-state index in [-0.39, 0.29) is 27.1 Å². The van der Waals surface area contributed by atoms with Crippen molar-refractivity contribution in [3.05, 3.63) is 62.6 Å². The summed E-state index contributed by atoms with van der Waals surface area (Å²) in [4.78, 5) is 22.8. The minimum atomic E-state index is -3.84. The van der Waals surface area contributed by atoms with E-state index < -0.39 is 26.9 Å². The van der Waals surface area contributed by atoms with E-state index in [4.69, 9.17) is 23.2 Å². The van der Waals surface area contributed by atoms with Crippen LogP contribution in [-0.2, 0) is 14.8 Å². The number of nitro benzene ring substituents is 1. The molecular weight excluding hydrogens is 417 g/mol. The predicted molar refractivity (Wildman–Crippen MR) is 105 cm³/mol. The molecule has 0 aromatic heterocycles. The second-order valence-electron chi connectivity index (χ2n) is 5.63. The minimum absolute atomic E-state index is 0.133. The van der Waals surface area contributed by atoms with Gasteiger partial charge in [-0.1, -0.05) is 29.3 Å². The van der Waals surface area contributed by atoms with Gasteiger partial charge in [0.1, 0.15) is 6.04 Å². The Balaban J connectivity index is 2.33. The van der Waals surface area contributed by atoms with Crippen LogP contribution in [0.3, 0.4) is 0 Å². The summed E-state index contributed by atoms with van der Waals surface area (Å²) < 4.78 is 25.4. The minimum Gasteiger partial charge on any atom is -0.324 e. The van der Waals surface area contributed by atoms with Gasteiger partial charge >= 0.3 is 0 Å². The molecule has 0 unspecified atom stereocenters. The summed E-state index contributed by atoms with van der Waals surface area (Å²) in [7, 11) is -3.84. The smallest absolute Gasteiger partial charge is 0.271 e. The standard InChI is InChI=1S/C16H15Cl2N3O5S/c1-10(16(22)19-11-4-3-5-13(8-11)21(23)24)20(27(2,25)26)12-6-7-14(17)15(18)9-12/h3-10H,1-2H3,(H,19,22)/t10-/m1/s1. The lowest BCUT2D eigenvalue weighted by Crippen LogP contribution is -2.45. The van der Waals surface area contributed by atoms with Crippen LogP contribution < -0.4 is 9.62 Å². The Bertz CT molecular complexity index is 997. The van der Waals surface area contributed by atoms with Gasteiger partial charge in [0, 0.05) is 17.8 Å². The zero-order valence-electron chi connectivity index (χ0n) is 14.2. The number of nitrogens with one attached hydrogen (secondary N) is 1. The molecule has 1 amide bonds. The fraction of sp³-hybridized carbons (Fsp3) is 0.188. The highest BCUT2D eigenvalue weighted by molar-refractivity contribution is 7.92. The van der Waals surface area contributed by atoms with Crippen LogP contribution in [0.25, 0.3) is 0 Å². The lowest BCUT2D eigenvalue weighted by atomic mass is 10.2. The molecule has 0 aliphatic carbocycles.